The van der Waals surface area contributed by atoms with Gasteiger partial charge in [0.15, 0.2) is 6.29 Å². The van der Waals surface area contributed by atoms with Gasteiger partial charge in [-0.25, -0.2) is 8.42 Å². The van der Waals surface area contributed by atoms with E-state index >= 15 is 0 Å². The zero-order chi connectivity index (χ0) is 37.4. The molecule has 0 aliphatic carbocycles. The first kappa shape index (κ1) is 38.1. The third-order valence-corrected chi connectivity index (χ3v) is 11.2. The average molecular weight is 734 g/mol. The van der Waals surface area contributed by atoms with Gasteiger partial charge in [0, 0.05) is 30.3 Å². The van der Waals surface area contributed by atoms with Crippen molar-refractivity contribution >= 4 is 21.6 Å². The van der Waals surface area contributed by atoms with Crippen molar-refractivity contribution in [2.24, 2.45) is 0 Å². The molecular weight excluding hydrogens is 687 g/mol. The van der Waals surface area contributed by atoms with E-state index in [-0.39, 0.29) is 36.2 Å². The minimum absolute atomic E-state index is 0.0412. The number of aliphatic hydroxyl groups is 1. The number of ether oxygens (including phenoxy) is 2. The largest absolute Gasteiger partial charge is 0.392 e. The molecule has 1 heterocycles. The fourth-order valence-electron chi connectivity index (χ4n) is 6.50. The van der Waals surface area contributed by atoms with Crippen molar-refractivity contribution in [3.63, 3.8) is 0 Å². The van der Waals surface area contributed by atoms with E-state index in [4.69, 9.17) is 9.47 Å². The molecule has 1 saturated heterocycles. The van der Waals surface area contributed by atoms with Gasteiger partial charge in [0.2, 0.25) is 15.9 Å². The Hall–Kier alpha value is -4.68. The number of carbonyl (C=O) groups is 1. The molecule has 1 aliphatic rings. The summed E-state index contributed by atoms with van der Waals surface area (Å²) in [6, 6.07) is 40.3. The van der Waals surface area contributed by atoms with Crippen LogP contribution in [0.4, 0.5) is 5.69 Å². The number of likely N-dealkylation sites (N-methyl/N-ethyl adjacent to an activating group) is 1. The quantitative estimate of drug-likeness (QED) is 0.110. The van der Waals surface area contributed by atoms with Crippen LogP contribution in [-0.4, -0.2) is 50.1 Å². The van der Waals surface area contributed by atoms with E-state index < -0.39 is 28.3 Å². The smallest absolute Gasteiger partial charge is 0.242 e. The minimum atomic E-state index is -4.00. The maximum absolute atomic E-state index is 13.9. The molecule has 0 saturated carbocycles. The van der Waals surface area contributed by atoms with Crippen LogP contribution in [0.25, 0.3) is 0 Å². The van der Waals surface area contributed by atoms with Crippen LogP contribution in [0.1, 0.15) is 65.2 Å². The van der Waals surface area contributed by atoms with Crippen molar-refractivity contribution in [2.75, 3.05) is 18.9 Å². The SMILES string of the molecule is Cc1ccc(S(=O)(=O)N[C@H](Cc2ccccc2)C(=O)Nc2cccc([C@H]3O[C@@H](CN(C)[C@@H](C)c4ccccc4)C[C@@H](c4ccc(CO)cc4)O3)c2)cc1. The van der Waals surface area contributed by atoms with Gasteiger partial charge in [-0.3, -0.25) is 9.69 Å². The van der Waals surface area contributed by atoms with E-state index in [1.807, 2.05) is 91.9 Å². The van der Waals surface area contributed by atoms with Crippen LogP contribution in [0, 0.1) is 6.92 Å². The molecule has 5 aromatic rings. The monoisotopic (exact) mass is 733 g/mol. The summed E-state index contributed by atoms with van der Waals surface area (Å²) in [6.07, 6.45) is -0.429. The highest BCUT2D eigenvalue weighted by Crippen LogP contribution is 2.39. The van der Waals surface area contributed by atoms with Crippen molar-refractivity contribution in [2.45, 2.75) is 68.8 Å². The zero-order valence-corrected chi connectivity index (χ0v) is 31.1. The molecule has 10 heteroatoms. The first-order valence-electron chi connectivity index (χ1n) is 17.9. The summed E-state index contributed by atoms with van der Waals surface area (Å²) in [5, 5.41) is 12.6. The number of hydrogen-bond acceptors (Lipinski definition) is 7. The van der Waals surface area contributed by atoms with Crippen LogP contribution >= 0.6 is 0 Å². The maximum atomic E-state index is 13.9. The molecule has 0 aromatic heterocycles. The number of benzene rings is 5. The summed E-state index contributed by atoms with van der Waals surface area (Å²) in [5.74, 6) is -0.497. The molecule has 5 aromatic carbocycles. The van der Waals surface area contributed by atoms with Gasteiger partial charge >= 0.3 is 0 Å². The molecule has 0 spiro atoms. The highest BCUT2D eigenvalue weighted by atomic mass is 32.2. The third kappa shape index (κ3) is 10.1. The molecule has 0 radical (unpaired) electrons. The van der Waals surface area contributed by atoms with Crippen molar-refractivity contribution in [1.82, 2.24) is 9.62 Å². The minimum Gasteiger partial charge on any atom is -0.392 e. The number of nitrogens with one attached hydrogen (secondary N) is 2. The highest BCUT2D eigenvalue weighted by Gasteiger charge is 2.34. The lowest BCUT2D eigenvalue weighted by Gasteiger charge is -2.39. The molecule has 5 atom stereocenters. The van der Waals surface area contributed by atoms with E-state index in [1.54, 1.807) is 24.3 Å². The normalized spacial score (nSPS) is 18.7. The summed E-state index contributed by atoms with van der Waals surface area (Å²) < 4.78 is 42.7. The second kappa shape index (κ2) is 17.4. The summed E-state index contributed by atoms with van der Waals surface area (Å²) in [6.45, 7) is 4.67. The second-order valence-electron chi connectivity index (χ2n) is 13.7. The molecule has 53 heavy (non-hydrogen) atoms. The number of anilines is 1. The molecule has 0 bridgehead atoms. The van der Waals surface area contributed by atoms with Crippen molar-refractivity contribution in [3.8, 4) is 0 Å². The predicted molar refractivity (Wildman–Crippen MR) is 206 cm³/mol. The Balaban J connectivity index is 1.23. The average Bonchev–Trinajstić information content (AvgIpc) is 3.18. The third-order valence-electron chi connectivity index (χ3n) is 9.70. The number of aryl methyl sites for hydroxylation is 1. The van der Waals surface area contributed by atoms with E-state index in [0.717, 1.165) is 22.3 Å². The van der Waals surface area contributed by atoms with E-state index in [9.17, 15) is 18.3 Å². The second-order valence-corrected chi connectivity index (χ2v) is 15.4. The number of hydrogen-bond donors (Lipinski definition) is 3. The number of amides is 1. The fraction of sp³-hybridized carbons (Fsp3) is 0.279. The van der Waals surface area contributed by atoms with Crippen molar-refractivity contribution < 1.29 is 27.8 Å². The van der Waals surface area contributed by atoms with Crippen LogP contribution < -0.4 is 10.0 Å². The Morgan fingerprint density at radius 2 is 1.51 bits per heavy atom. The lowest BCUT2D eigenvalue weighted by atomic mass is 9.99. The summed E-state index contributed by atoms with van der Waals surface area (Å²) in [5.41, 5.74) is 5.95. The molecule has 1 aliphatic heterocycles. The summed E-state index contributed by atoms with van der Waals surface area (Å²) in [7, 11) is -1.92. The van der Waals surface area contributed by atoms with Crippen LogP contribution in [0.15, 0.2) is 138 Å². The first-order chi connectivity index (χ1) is 25.6. The van der Waals surface area contributed by atoms with Gasteiger partial charge < -0.3 is 19.9 Å². The van der Waals surface area contributed by atoms with Crippen LogP contribution in [0.5, 0.6) is 0 Å². The predicted octanol–water partition coefficient (Wildman–Crippen LogP) is 7.25. The topological polar surface area (TPSA) is 117 Å². The number of carbonyl (C=O) groups excluding carboxylic acids is 1. The lowest BCUT2D eigenvalue weighted by Crippen LogP contribution is -2.45. The van der Waals surface area contributed by atoms with Crippen LogP contribution in [0.3, 0.4) is 0 Å². The Bertz CT molecular complexity index is 2040. The van der Waals surface area contributed by atoms with E-state index in [1.165, 1.54) is 17.7 Å². The van der Waals surface area contributed by atoms with Gasteiger partial charge in [-0.05, 0) is 73.8 Å². The van der Waals surface area contributed by atoms with Crippen molar-refractivity contribution in [1.29, 1.82) is 0 Å². The van der Waals surface area contributed by atoms with Crippen LogP contribution in [-0.2, 0) is 37.3 Å². The first-order valence-corrected chi connectivity index (χ1v) is 19.4. The molecule has 3 N–H and O–H groups in total. The molecule has 276 valence electrons. The Kier molecular flexibility index (Phi) is 12.5. The van der Waals surface area contributed by atoms with Gasteiger partial charge in [-0.1, -0.05) is 115 Å². The molecule has 0 unspecified atom stereocenters. The van der Waals surface area contributed by atoms with Gasteiger partial charge in [-0.15, -0.1) is 0 Å². The lowest BCUT2D eigenvalue weighted by molar-refractivity contribution is -0.253. The van der Waals surface area contributed by atoms with Crippen LogP contribution in [0.2, 0.25) is 0 Å². The van der Waals surface area contributed by atoms with Gasteiger partial charge in [0.1, 0.15) is 6.04 Å². The fourth-order valence-corrected chi connectivity index (χ4v) is 7.70. The number of rotatable bonds is 14. The number of sulfonamides is 1. The molecule has 6 rings (SSSR count). The molecule has 1 amide bonds. The Morgan fingerprint density at radius 3 is 2.19 bits per heavy atom. The molecular formula is C43H47N3O6S. The number of nitrogens with zero attached hydrogens (tertiary/aromatic N) is 1. The Morgan fingerprint density at radius 1 is 0.830 bits per heavy atom. The summed E-state index contributed by atoms with van der Waals surface area (Å²) >= 11 is 0. The van der Waals surface area contributed by atoms with Crippen molar-refractivity contribution in [3.05, 3.63) is 167 Å². The molecule has 9 nitrogen and oxygen atoms in total. The summed E-state index contributed by atoms with van der Waals surface area (Å²) in [4.78, 5) is 16.2. The number of aliphatic hydroxyl groups excluding tert-OH is 1. The van der Waals surface area contributed by atoms with E-state index in [0.29, 0.717) is 24.2 Å². The maximum Gasteiger partial charge on any atom is 0.242 e. The Labute approximate surface area is 312 Å². The standard InChI is InChI=1S/C43H47N3O6S/c1-30-17-23-39(24-18-30)53(49,50)45-40(25-32-11-6-4-7-12-32)42(48)44-37-16-10-15-36(26-37)43-51-38(28-46(3)31(2)34-13-8-5-9-14-34)27-41(52-43)35-21-19-33(29-47)20-22-35/h4-24,26,31,38,40-41,43,45,47H,25,27-29H2,1-3H3,(H,44,48)/t31-,38+,40+,41-,43-/m0/s1. The van der Waals surface area contributed by atoms with E-state index in [2.05, 4.69) is 41.0 Å². The molecule has 1 fully saturated rings. The zero-order valence-electron chi connectivity index (χ0n) is 30.3. The van der Waals surface area contributed by atoms with Gasteiger partial charge in [-0.2, -0.15) is 4.72 Å². The highest BCUT2D eigenvalue weighted by molar-refractivity contribution is 7.89. The van der Waals surface area contributed by atoms with Gasteiger partial charge in [0.25, 0.3) is 0 Å². The van der Waals surface area contributed by atoms with Gasteiger partial charge in [0.05, 0.1) is 23.7 Å².